The van der Waals surface area contributed by atoms with Crippen LogP contribution in [0.25, 0.3) is 0 Å². The van der Waals surface area contributed by atoms with Gasteiger partial charge in [-0.05, 0) is 61.8 Å². The molecule has 2 aromatic heterocycles. The Bertz CT molecular complexity index is 1150. The summed E-state index contributed by atoms with van der Waals surface area (Å²) in [6.45, 7) is 7.10. The fourth-order valence-corrected chi connectivity index (χ4v) is 6.16. The van der Waals surface area contributed by atoms with Gasteiger partial charge >= 0.3 is 0 Å². The van der Waals surface area contributed by atoms with Crippen LogP contribution in [-0.4, -0.2) is 67.7 Å². The van der Waals surface area contributed by atoms with Crippen molar-refractivity contribution >= 4 is 27.6 Å². The highest BCUT2D eigenvalue weighted by atomic mass is 32.2. The number of amides is 1. The van der Waals surface area contributed by atoms with Crippen LogP contribution in [0.4, 0.5) is 11.6 Å². The van der Waals surface area contributed by atoms with Gasteiger partial charge in [-0.15, -0.1) is 0 Å². The molecule has 8 nitrogen and oxygen atoms in total. The van der Waals surface area contributed by atoms with Gasteiger partial charge in [0.2, 0.25) is 10.0 Å². The van der Waals surface area contributed by atoms with E-state index in [9.17, 15) is 13.2 Å². The molecule has 0 N–H and O–H groups in total. The molecule has 2 aliphatic heterocycles. The molecular formula is C24H33N5O3S. The van der Waals surface area contributed by atoms with Crippen molar-refractivity contribution in [3.8, 4) is 0 Å². The highest BCUT2D eigenvalue weighted by Gasteiger charge is 2.31. The summed E-state index contributed by atoms with van der Waals surface area (Å²) < 4.78 is 25.7. The number of aryl methyl sites for hydroxylation is 2. The zero-order chi connectivity index (χ0) is 22.5. The second-order valence-corrected chi connectivity index (χ2v) is 11.1. The topological polar surface area (TPSA) is 86.7 Å². The van der Waals surface area contributed by atoms with Gasteiger partial charge in [0.05, 0.1) is 11.3 Å². The quantitative estimate of drug-likeness (QED) is 0.681. The molecule has 0 bridgehead atoms. The van der Waals surface area contributed by atoms with E-state index < -0.39 is 10.0 Å². The molecule has 178 valence electrons. The molecule has 0 atom stereocenters. The first-order valence-electron chi connectivity index (χ1n) is 11.3. The number of piperazine rings is 1. The first-order valence-corrected chi connectivity index (χ1v) is 12.9. The summed E-state index contributed by atoms with van der Waals surface area (Å²) in [5, 5.41) is 0. The molecule has 1 amide bonds. The molecule has 3 aliphatic rings. The lowest BCUT2D eigenvalue weighted by molar-refractivity contribution is 0.0745. The van der Waals surface area contributed by atoms with Crippen LogP contribution in [0.5, 0.6) is 0 Å². The Hall–Kier alpha value is -2.68. The molecule has 9 heteroatoms. The first-order chi connectivity index (χ1) is 15.3. The first kappa shape index (κ1) is 23.5. The summed E-state index contributed by atoms with van der Waals surface area (Å²) >= 11 is 0. The van der Waals surface area contributed by atoms with Gasteiger partial charge in [0.15, 0.2) is 0 Å². The normalized spacial score (nSPS) is 20.0. The van der Waals surface area contributed by atoms with Crippen LogP contribution in [0.3, 0.4) is 0 Å². The van der Waals surface area contributed by atoms with Crippen molar-refractivity contribution in [3.63, 3.8) is 0 Å². The third kappa shape index (κ3) is 4.55. The molecule has 0 aromatic carbocycles. The number of hydrogen-bond acceptors (Lipinski definition) is 6. The smallest absolute Gasteiger partial charge is 0.255 e. The molecule has 2 saturated heterocycles. The molecule has 5 rings (SSSR count). The Morgan fingerprint density at radius 3 is 2.27 bits per heavy atom. The zero-order valence-electron chi connectivity index (χ0n) is 18.6. The van der Waals surface area contributed by atoms with Crippen LogP contribution < -0.4 is 9.21 Å². The van der Waals surface area contributed by atoms with Crippen LogP contribution in [-0.2, 0) is 10.0 Å². The van der Waals surface area contributed by atoms with E-state index in [1.807, 2.05) is 18.0 Å². The van der Waals surface area contributed by atoms with Gasteiger partial charge in [-0.1, -0.05) is 13.5 Å². The number of sulfonamides is 1. The standard InChI is InChI=1S/C23H29N5O3S.CH4/c1-16-13-21(28-6-3-11-32(28,30)31)24-15-20(16)23(29)27-9-7-26(8-10-27)22-17(2)12-19(14-25-22)18-4-5-18;/h12-15,18H,3-11H2,1-2H3;1H4. The molecule has 0 radical (unpaired) electrons. The summed E-state index contributed by atoms with van der Waals surface area (Å²) in [4.78, 5) is 26.3. The second-order valence-electron chi connectivity index (χ2n) is 9.06. The van der Waals surface area contributed by atoms with E-state index in [1.54, 1.807) is 6.07 Å². The minimum Gasteiger partial charge on any atom is -0.353 e. The molecule has 1 aliphatic carbocycles. The maximum Gasteiger partial charge on any atom is 0.255 e. The van der Waals surface area contributed by atoms with Crippen LogP contribution in [0.15, 0.2) is 24.5 Å². The lowest BCUT2D eigenvalue weighted by Gasteiger charge is -2.36. The van der Waals surface area contributed by atoms with Gasteiger partial charge in [0.25, 0.3) is 5.91 Å². The van der Waals surface area contributed by atoms with Crippen molar-refractivity contribution in [2.45, 2.75) is 46.5 Å². The average Bonchev–Trinajstić information content (AvgIpc) is 3.56. The van der Waals surface area contributed by atoms with E-state index in [2.05, 4.69) is 22.9 Å². The summed E-state index contributed by atoms with van der Waals surface area (Å²) in [6.07, 6.45) is 6.67. The summed E-state index contributed by atoms with van der Waals surface area (Å²) in [6, 6.07) is 3.97. The number of hydrogen-bond donors (Lipinski definition) is 0. The van der Waals surface area contributed by atoms with E-state index in [4.69, 9.17) is 4.98 Å². The summed E-state index contributed by atoms with van der Waals surface area (Å²) in [5.41, 5.74) is 3.81. The predicted molar refractivity (Wildman–Crippen MR) is 131 cm³/mol. The number of nitrogens with zero attached hydrogens (tertiary/aromatic N) is 5. The molecule has 0 spiro atoms. The maximum atomic E-state index is 13.1. The van der Waals surface area contributed by atoms with Gasteiger partial charge in [-0.2, -0.15) is 0 Å². The van der Waals surface area contributed by atoms with Crippen LogP contribution in [0.2, 0.25) is 0 Å². The largest absolute Gasteiger partial charge is 0.353 e. The summed E-state index contributed by atoms with van der Waals surface area (Å²) in [5.74, 6) is 2.20. The Kier molecular flexibility index (Phi) is 6.35. The fraction of sp³-hybridized carbons (Fsp3) is 0.542. The number of carbonyl (C=O) groups excluding carboxylic acids is 1. The lowest BCUT2D eigenvalue weighted by Crippen LogP contribution is -2.49. The van der Waals surface area contributed by atoms with E-state index in [1.165, 1.54) is 34.5 Å². The molecular weight excluding hydrogens is 438 g/mol. The molecule has 2 aromatic rings. The Morgan fingerprint density at radius 1 is 0.970 bits per heavy atom. The predicted octanol–water partition coefficient (Wildman–Crippen LogP) is 3.11. The summed E-state index contributed by atoms with van der Waals surface area (Å²) in [7, 11) is -3.29. The maximum absolute atomic E-state index is 13.1. The molecule has 0 unspecified atom stereocenters. The Labute approximate surface area is 196 Å². The van der Waals surface area contributed by atoms with Crippen molar-refractivity contribution in [3.05, 3.63) is 46.8 Å². The Morgan fingerprint density at radius 2 is 1.70 bits per heavy atom. The molecule has 3 fully saturated rings. The number of carbonyl (C=O) groups is 1. The molecule has 1 saturated carbocycles. The monoisotopic (exact) mass is 471 g/mol. The van der Waals surface area contributed by atoms with Gasteiger partial charge in [-0.25, -0.2) is 18.4 Å². The van der Waals surface area contributed by atoms with Gasteiger partial charge < -0.3 is 9.80 Å². The van der Waals surface area contributed by atoms with Crippen molar-refractivity contribution in [2.24, 2.45) is 0 Å². The number of aromatic nitrogens is 2. The zero-order valence-corrected chi connectivity index (χ0v) is 19.4. The Balaban J connectivity index is 0.00000259. The minimum atomic E-state index is -3.29. The second kappa shape index (κ2) is 8.93. The number of rotatable bonds is 4. The average molecular weight is 472 g/mol. The lowest BCUT2D eigenvalue weighted by atomic mass is 10.1. The highest BCUT2D eigenvalue weighted by Crippen LogP contribution is 2.40. The van der Waals surface area contributed by atoms with Crippen LogP contribution >= 0.6 is 0 Å². The third-order valence-electron chi connectivity index (χ3n) is 6.67. The third-order valence-corrected chi connectivity index (χ3v) is 8.51. The van der Waals surface area contributed by atoms with Crippen molar-refractivity contribution in [1.29, 1.82) is 0 Å². The van der Waals surface area contributed by atoms with E-state index in [0.29, 0.717) is 43.4 Å². The molecule has 4 heterocycles. The van der Waals surface area contributed by atoms with E-state index >= 15 is 0 Å². The highest BCUT2D eigenvalue weighted by molar-refractivity contribution is 7.93. The molecule has 33 heavy (non-hydrogen) atoms. The number of anilines is 2. The van der Waals surface area contributed by atoms with Crippen molar-refractivity contribution < 1.29 is 13.2 Å². The van der Waals surface area contributed by atoms with Gasteiger partial charge in [0, 0.05) is 45.1 Å². The van der Waals surface area contributed by atoms with Crippen LogP contribution in [0, 0.1) is 13.8 Å². The SMILES string of the molecule is C.Cc1cc(N2CCCS2(=O)=O)ncc1C(=O)N1CCN(c2ncc(C3CC3)cc2C)CC1. The van der Waals surface area contributed by atoms with E-state index in [-0.39, 0.29) is 19.1 Å². The number of pyridine rings is 2. The van der Waals surface area contributed by atoms with Crippen molar-refractivity contribution in [1.82, 2.24) is 14.9 Å². The van der Waals surface area contributed by atoms with Crippen LogP contribution in [0.1, 0.15) is 59.7 Å². The van der Waals surface area contributed by atoms with Gasteiger partial charge in [0.1, 0.15) is 11.6 Å². The van der Waals surface area contributed by atoms with E-state index in [0.717, 1.165) is 24.5 Å². The van der Waals surface area contributed by atoms with Crippen molar-refractivity contribution in [2.75, 3.05) is 47.7 Å². The van der Waals surface area contributed by atoms with Gasteiger partial charge in [-0.3, -0.25) is 9.10 Å². The fourth-order valence-electron chi connectivity index (χ4n) is 4.65. The minimum absolute atomic E-state index is 0.